The van der Waals surface area contributed by atoms with Crippen LogP contribution < -0.4 is 0 Å². The van der Waals surface area contributed by atoms with E-state index in [0.717, 1.165) is 0 Å². The van der Waals surface area contributed by atoms with Gasteiger partial charge in [0.15, 0.2) is 29.0 Å². The molecule has 0 aromatic carbocycles. The fourth-order valence-corrected chi connectivity index (χ4v) is 4.98. The summed E-state index contributed by atoms with van der Waals surface area (Å²) < 4.78 is 34.8. The normalized spacial score (nSPS) is 29.3. The highest BCUT2D eigenvalue weighted by molar-refractivity contribution is 6.70. The fraction of sp³-hybridized carbons (Fsp3) is 0.882. The summed E-state index contributed by atoms with van der Waals surface area (Å²) in [4.78, 5) is 23.1. The molecule has 1 rings (SSSR count). The van der Waals surface area contributed by atoms with E-state index in [-0.39, 0.29) is 6.61 Å². The van der Waals surface area contributed by atoms with Crippen molar-refractivity contribution in [1.82, 2.24) is 0 Å². The van der Waals surface area contributed by atoms with Crippen molar-refractivity contribution in [3.8, 4) is 0 Å². The van der Waals surface area contributed by atoms with E-state index < -0.39 is 59.3 Å². The Labute approximate surface area is 164 Å². The van der Waals surface area contributed by atoms with E-state index in [2.05, 4.69) is 0 Å². The summed E-state index contributed by atoms with van der Waals surface area (Å²) >= 11 is 0. The van der Waals surface area contributed by atoms with E-state index in [1.807, 2.05) is 39.3 Å². The summed E-state index contributed by atoms with van der Waals surface area (Å²) in [6, 6.07) is 0. The minimum atomic E-state index is -2.05. The summed E-state index contributed by atoms with van der Waals surface area (Å²) in [7, 11) is -2.58. The van der Waals surface area contributed by atoms with E-state index in [9.17, 15) is 9.59 Å². The highest BCUT2D eigenvalue weighted by Gasteiger charge is 2.52. The summed E-state index contributed by atoms with van der Waals surface area (Å²) in [5, 5.41) is 0. The van der Waals surface area contributed by atoms with Crippen molar-refractivity contribution >= 4 is 28.6 Å². The molecule has 1 heterocycles. The van der Waals surface area contributed by atoms with Crippen LogP contribution in [0.1, 0.15) is 13.8 Å². The van der Waals surface area contributed by atoms with Gasteiger partial charge in [0.2, 0.25) is 0 Å². The highest BCUT2D eigenvalue weighted by Crippen LogP contribution is 2.32. The Bertz CT molecular complexity index is 514. The van der Waals surface area contributed by atoms with Crippen LogP contribution in [0.3, 0.4) is 0 Å². The maximum absolute atomic E-state index is 11.8. The van der Waals surface area contributed by atoms with Crippen LogP contribution in [0.25, 0.3) is 0 Å². The molecule has 5 atom stereocenters. The molecule has 158 valence electrons. The molecular weight excluding hydrogens is 388 g/mol. The number of carbonyl (C=O) groups excluding carboxylic acids is 2. The van der Waals surface area contributed by atoms with Crippen LogP contribution in [0, 0.1) is 0 Å². The van der Waals surface area contributed by atoms with Gasteiger partial charge in [-0.05, 0) is 39.3 Å². The Morgan fingerprint density at radius 3 is 1.78 bits per heavy atom. The van der Waals surface area contributed by atoms with Gasteiger partial charge in [-0.25, -0.2) is 0 Å². The summed E-state index contributed by atoms with van der Waals surface area (Å²) in [5.41, 5.74) is 0. The molecule has 1 aliphatic rings. The van der Waals surface area contributed by atoms with Crippen LogP contribution in [-0.4, -0.2) is 73.0 Å². The zero-order chi connectivity index (χ0) is 21.0. The van der Waals surface area contributed by atoms with Gasteiger partial charge in [0.25, 0.3) is 0 Å². The van der Waals surface area contributed by atoms with Gasteiger partial charge >= 0.3 is 11.9 Å². The first-order valence-corrected chi connectivity index (χ1v) is 15.9. The third-order valence-electron chi connectivity index (χ3n) is 3.56. The molecular formula is C17H34O8Si2. The Morgan fingerprint density at radius 2 is 1.37 bits per heavy atom. The minimum Gasteiger partial charge on any atom is -0.463 e. The molecule has 0 spiro atoms. The number of methoxy groups -OCH3 is 1. The predicted molar refractivity (Wildman–Crippen MR) is 104 cm³/mol. The number of esters is 2. The highest BCUT2D eigenvalue weighted by atomic mass is 28.4. The van der Waals surface area contributed by atoms with E-state index >= 15 is 0 Å². The Balaban J connectivity index is 3.27. The first-order chi connectivity index (χ1) is 12.2. The van der Waals surface area contributed by atoms with Crippen molar-refractivity contribution in [3.63, 3.8) is 0 Å². The van der Waals surface area contributed by atoms with Crippen LogP contribution in [0.2, 0.25) is 39.3 Å². The maximum Gasteiger partial charge on any atom is 0.303 e. The quantitative estimate of drug-likeness (QED) is 0.435. The number of carbonyl (C=O) groups is 2. The molecule has 8 nitrogen and oxygen atoms in total. The summed E-state index contributed by atoms with van der Waals surface area (Å²) in [5.74, 6) is -0.875. The molecule has 0 aromatic rings. The molecule has 10 heteroatoms. The molecule has 27 heavy (non-hydrogen) atoms. The smallest absolute Gasteiger partial charge is 0.303 e. The fourth-order valence-electron chi connectivity index (χ4n) is 2.81. The third-order valence-corrected chi connectivity index (χ3v) is 5.51. The minimum absolute atomic E-state index is 0.0260. The van der Waals surface area contributed by atoms with Gasteiger partial charge in [0.05, 0.1) is 0 Å². The molecule has 0 aromatic heterocycles. The Hall–Kier alpha value is -0.786. The summed E-state index contributed by atoms with van der Waals surface area (Å²) in [6.45, 7) is 14.8. The van der Waals surface area contributed by atoms with Crippen LogP contribution >= 0.6 is 0 Å². The van der Waals surface area contributed by atoms with Crippen molar-refractivity contribution in [2.45, 2.75) is 83.8 Å². The average molecular weight is 423 g/mol. The third kappa shape index (κ3) is 8.40. The van der Waals surface area contributed by atoms with Crippen LogP contribution in [0.5, 0.6) is 0 Å². The topological polar surface area (TPSA) is 89.5 Å². The molecule has 1 fully saturated rings. The zero-order valence-electron chi connectivity index (χ0n) is 17.9. The summed E-state index contributed by atoms with van der Waals surface area (Å²) in [6.07, 6.45) is -3.42. The van der Waals surface area contributed by atoms with Gasteiger partial charge in [-0.3, -0.25) is 9.59 Å². The van der Waals surface area contributed by atoms with Gasteiger partial charge < -0.3 is 27.8 Å². The largest absolute Gasteiger partial charge is 0.463 e. The molecule has 1 saturated heterocycles. The number of hydrogen-bond donors (Lipinski definition) is 0. The number of rotatable bonds is 8. The molecule has 0 bridgehead atoms. The second-order valence-electron chi connectivity index (χ2n) is 8.54. The number of ether oxygens (including phenoxy) is 4. The lowest BCUT2D eigenvalue weighted by Gasteiger charge is -2.48. The lowest BCUT2D eigenvalue weighted by molar-refractivity contribution is -0.290. The van der Waals surface area contributed by atoms with Crippen molar-refractivity contribution in [1.29, 1.82) is 0 Å². The van der Waals surface area contributed by atoms with Gasteiger partial charge in [0.1, 0.15) is 24.9 Å². The number of hydrogen-bond acceptors (Lipinski definition) is 8. The van der Waals surface area contributed by atoms with E-state index in [0.29, 0.717) is 0 Å². The SMILES string of the molecule is CO[C@@H]1O[C@H](COC(C)=O)[C@H](O[Si](C)(C)C)[C@H](OC(C)=O)[C@H]1O[Si](C)(C)C. The molecule has 0 aliphatic carbocycles. The molecule has 1 aliphatic heterocycles. The van der Waals surface area contributed by atoms with E-state index in [1.54, 1.807) is 0 Å². The van der Waals surface area contributed by atoms with Gasteiger partial charge in [0, 0.05) is 21.0 Å². The van der Waals surface area contributed by atoms with Gasteiger partial charge in [-0.2, -0.15) is 0 Å². The molecule has 0 unspecified atom stereocenters. The molecule has 0 radical (unpaired) electrons. The van der Waals surface area contributed by atoms with Crippen molar-refractivity contribution in [3.05, 3.63) is 0 Å². The second kappa shape index (κ2) is 9.61. The molecule has 0 N–H and O–H groups in total. The van der Waals surface area contributed by atoms with Crippen LogP contribution in [-0.2, 0) is 37.4 Å². The first kappa shape index (κ1) is 24.3. The maximum atomic E-state index is 11.8. The molecule has 0 amide bonds. The van der Waals surface area contributed by atoms with Crippen molar-refractivity contribution in [2.75, 3.05) is 13.7 Å². The van der Waals surface area contributed by atoms with Crippen LogP contribution in [0.4, 0.5) is 0 Å². The van der Waals surface area contributed by atoms with E-state index in [1.165, 1.54) is 21.0 Å². The van der Waals surface area contributed by atoms with Crippen molar-refractivity contribution in [2.24, 2.45) is 0 Å². The predicted octanol–water partition coefficient (Wildman–Crippen LogP) is 2.29. The Kier molecular flexibility index (Phi) is 8.64. The van der Waals surface area contributed by atoms with Crippen molar-refractivity contribution < 1.29 is 37.4 Å². The lowest BCUT2D eigenvalue weighted by atomic mass is 9.99. The zero-order valence-corrected chi connectivity index (χ0v) is 19.9. The Morgan fingerprint density at radius 1 is 0.852 bits per heavy atom. The monoisotopic (exact) mass is 422 g/mol. The molecule has 0 saturated carbocycles. The van der Waals surface area contributed by atoms with Gasteiger partial charge in [-0.1, -0.05) is 0 Å². The van der Waals surface area contributed by atoms with Gasteiger partial charge in [-0.15, -0.1) is 0 Å². The second-order valence-corrected chi connectivity index (χ2v) is 17.5. The van der Waals surface area contributed by atoms with E-state index in [4.69, 9.17) is 27.8 Å². The first-order valence-electron chi connectivity index (χ1n) is 9.08. The lowest BCUT2D eigenvalue weighted by Crippen LogP contribution is -2.65. The van der Waals surface area contributed by atoms with Crippen LogP contribution in [0.15, 0.2) is 0 Å². The standard InChI is InChI=1S/C17H34O8Si2/c1-11(18)21-10-13-14(24-26(4,5)6)15(22-12(2)19)16(17(20-3)23-13)25-27(7,8)9/h13-17H,10H2,1-9H3/t13-,14+,15+,16-,17-/m1/s1. The average Bonchev–Trinajstić information content (AvgIpc) is 2.46.